The van der Waals surface area contributed by atoms with Crippen molar-refractivity contribution in [3.8, 4) is 6.07 Å². The Bertz CT molecular complexity index is 396. The van der Waals surface area contributed by atoms with Crippen LogP contribution in [-0.4, -0.2) is 17.9 Å². The van der Waals surface area contributed by atoms with Crippen LogP contribution in [0.4, 0.5) is 0 Å². The number of hydrogen-bond donors (Lipinski definition) is 1. The summed E-state index contributed by atoms with van der Waals surface area (Å²) in [6, 6.07) is 1.85. The molecule has 4 nitrogen and oxygen atoms in total. The van der Waals surface area contributed by atoms with E-state index in [1.54, 1.807) is 13.0 Å². The average Bonchev–Trinajstić information content (AvgIpc) is 2.12. The third kappa shape index (κ3) is 1.43. The zero-order chi connectivity index (χ0) is 10.0. The Balaban J connectivity index is 3.32. The number of hydrogen-bond acceptors (Lipinski definition) is 4. The lowest BCUT2D eigenvalue weighted by molar-refractivity contribution is 0.508. The molecule has 0 bridgehead atoms. The number of likely N-dealkylation sites (N-methyl/N-ethyl adjacent to an activating group) is 1. The molecule has 0 aromatic heterocycles. The Morgan fingerprint density at radius 1 is 1.69 bits per heavy atom. The van der Waals surface area contributed by atoms with Gasteiger partial charge in [-0.3, -0.25) is 0 Å². The van der Waals surface area contributed by atoms with E-state index in [1.807, 2.05) is 6.07 Å². The minimum Gasteiger partial charge on any atom is -0.384 e. The van der Waals surface area contributed by atoms with Gasteiger partial charge in [0.05, 0.1) is 5.03 Å². The van der Waals surface area contributed by atoms with Gasteiger partial charge in [-0.1, -0.05) is 11.6 Å². The fourth-order valence-corrected chi connectivity index (χ4v) is 1.16. The topological polar surface area (TPSA) is 70.1 Å². The third-order valence-electron chi connectivity index (χ3n) is 1.70. The highest BCUT2D eigenvalue weighted by Crippen LogP contribution is 2.25. The highest BCUT2D eigenvalue weighted by atomic mass is 35.5. The number of nitrogens with two attached hydrogens (primary N) is 1. The summed E-state index contributed by atoms with van der Waals surface area (Å²) in [6.45, 7) is 0. The predicted octanol–water partition coefficient (Wildman–Crippen LogP) is 0.464. The minimum absolute atomic E-state index is 0.161. The second kappa shape index (κ2) is 3.36. The van der Waals surface area contributed by atoms with E-state index in [4.69, 9.17) is 22.6 Å². The van der Waals surface area contributed by atoms with Crippen molar-refractivity contribution < 1.29 is 4.79 Å². The van der Waals surface area contributed by atoms with Gasteiger partial charge in [0.1, 0.15) is 23.2 Å². The second-order valence-corrected chi connectivity index (χ2v) is 2.82. The average molecular weight is 196 g/mol. The van der Waals surface area contributed by atoms with Crippen molar-refractivity contribution in [2.75, 3.05) is 7.05 Å². The van der Waals surface area contributed by atoms with Crippen molar-refractivity contribution in [1.29, 1.82) is 5.26 Å². The highest BCUT2D eigenvalue weighted by molar-refractivity contribution is 6.32. The van der Waals surface area contributed by atoms with Gasteiger partial charge in [0.15, 0.2) is 5.94 Å². The van der Waals surface area contributed by atoms with Crippen molar-refractivity contribution >= 4 is 17.5 Å². The normalized spacial score (nSPS) is 16.5. The largest absolute Gasteiger partial charge is 0.384 e. The molecule has 0 fully saturated rings. The first-order valence-electron chi connectivity index (χ1n) is 3.38. The van der Waals surface area contributed by atoms with Crippen LogP contribution in [0.15, 0.2) is 28.2 Å². The van der Waals surface area contributed by atoms with E-state index in [1.165, 1.54) is 11.0 Å². The van der Waals surface area contributed by atoms with Gasteiger partial charge in [0.25, 0.3) is 0 Å². The van der Waals surface area contributed by atoms with Crippen LogP contribution in [0.3, 0.4) is 0 Å². The zero-order valence-electron chi connectivity index (χ0n) is 6.84. The molecule has 1 heterocycles. The Hall–Kier alpha value is -1.69. The molecular formula is C8H6ClN3O. The number of allylic oxidation sites excluding steroid dienone is 3. The lowest BCUT2D eigenvalue weighted by Crippen LogP contribution is -2.27. The molecule has 0 saturated heterocycles. The van der Waals surface area contributed by atoms with Crippen LogP contribution in [0.1, 0.15) is 0 Å². The summed E-state index contributed by atoms with van der Waals surface area (Å²) in [7, 11) is 1.56. The molecule has 0 unspecified atom stereocenters. The lowest BCUT2D eigenvalue weighted by atomic mass is 10.1. The summed E-state index contributed by atoms with van der Waals surface area (Å²) < 4.78 is 0. The smallest absolute Gasteiger partial charge is 0.150 e. The molecule has 1 aliphatic heterocycles. The van der Waals surface area contributed by atoms with Crippen molar-refractivity contribution in [2.24, 2.45) is 5.73 Å². The van der Waals surface area contributed by atoms with Crippen LogP contribution in [0.2, 0.25) is 0 Å². The maximum absolute atomic E-state index is 10.4. The van der Waals surface area contributed by atoms with Crippen molar-refractivity contribution in [2.45, 2.75) is 0 Å². The molecule has 1 rings (SSSR count). The van der Waals surface area contributed by atoms with Crippen molar-refractivity contribution in [1.82, 2.24) is 4.90 Å². The molecule has 1 aliphatic rings. The van der Waals surface area contributed by atoms with E-state index in [2.05, 4.69) is 0 Å². The molecule has 0 spiro atoms. The van der Waals surface area contributed by atoms with Crippen LogP contribution in [0, 0.1) is 11.3 Å². The molecule has 0 radical (unpaired) electrons. The Morgan fingerprint density at radius 3 is 2.77 bits per heavy atom. The first kappa shape index (κ1) is 9.40. The van der Waals surface area contributed by atoms with Gasteiger partial charge in [-0.25, -0.2) is 4.79 Å². The van der Waals surface area contributed by atoms with Crippen LogP contribution in [0.5, 0.6) is 0 Å². The summed E-state index contributed by atoms with van der Waals surface area (Å²) in [6.07, 6.45) is 1.35. The van der Waals surface area contributed by atoms with Crippen LogP contribution in [-0.2, 0) is 4.79 Å². The molecule has 5 heteroatoms. The van der Waals surface area contributed by atoms with Crippen LogP contribution in [0.25, 0.3) is 0 Å². The standard InChI is InChI=1S/C8H6ClN3O/c1-12-5(4-13)2-7(9)6(3-10)8(12)11/h2H,11H2,1H3. The maximum atomic E-state index is 10.4. The van der Waals surface area contributed by atoms with Gasteiger partial charge in [0, 0.05) is 7.05 Å². The number of rotatable bonds is 0. The van der Waals surface area contributed by atoms with Gasteiger partial charge >= 0.3 is 0 Å². The SMILES string of the molecule is CN1C(=C=O)C=C(Cl)C(C#N)=C1N. The maximum Gasteiger partial charge on any atom is 0.150 e. The summed E-state index contributed by atoms with van der Waals surface area (Å²) in [5.74, 6) is 1.83. The predicted molar refractivity (Wildman–Crippen MR) is 47.7 cm³/mol. The number of halogens is 1. The quantitative estimate of drug-likeness (QED) is 0.571. The molecule has 13 heavy (non-hydrogen) atoms. The fourth-order valence-electron chi connectivity index (χ4n) is 0.917. The second-order valence-electron chi connectivity index (χ2n) is 2.41. The van der Waals surface area contributed by atoms with Gasteiger partial charge in [-0.2, -0.15) is 5.26 Å². The van der Waals surface area contributed by atoms with Gasteiger partial charge in [0.2, 0.25) is 0 Å². The van der Waals surface area contributed by atoms with Crippen molar-refractivity contribution in [3.63, 3.8) is 0 Å². The van der Waals surface area contributed by atoms with E-state index >= 15 is 0 Å². The van der Waals surface area contributed by atoms with Gasteiger partial charge in [-0.15, -0.1) is 0 Å². The third-order valence-corrected chi connectivity index (χ3v) is 2.00. The summed E-state index contributed by atoms with van der Waals surface area (Å²) in [5.41, 5.74) is 5.93. The van der Waals surface area contributed by atoms with Crippen LogP contribution >= 0.6 is 11.6 Å². The molecule has 0 aliphatic carbocycles. The minimum atomic E-state index is 0.161. The number of carbonyl (C=O) groups excluding carboxylic acids is 1. The molecule has 2 N–H and O–H groups in total. The van der Waals surface area contributed by atoms with Gasteiger partial charge in [-0.05, 0) is 6.08 Å². The Morgan fingerprint density at radius 2 is 2.31 bits per heavy atom. The van der Waals surface area contributed by atoms with E-state index in [9.17, 15) is 4.79 Å². The first-order chi connectivity index (χ1) is 6.11. The lowest BCUT2D eigenvalue weighted by Gasteiger charge is -2.22. The molecule has 0 saturated carbocycles. The molecule has 66 valence electrons. The Kier molecular flexibility index (Phi) is 2.43. The van der Waals surface area contributed by atoms with E-state index < -0.39 is 0 Å². The van der Waals surface area contributed by atoms with Crippen molar-refractivity contribution in [3.05, 3.63) is 28.2 Å². The molecule has 0 aromatic carbocycles. The zero-order valence-corrected chi connectivity index (χ0v) is 7.59. The van der Waals surface area contributed by atoms with Crippen LogP contribution < -0.4 is 5.73 Å². The molecule has 0 aromatic rings. The highest BCUT2D eigenvalue weighted by Gasteiger charge is 2.20. The molecule has 0 amide bonds. The van der Waals surface area contributed by atoms with E-state index in [-0.39, 0.29) is 22.1 Å². The summed E-state index contributed by atoms with van der Waals surface area (Å²) >= 11 is 5.69. The van der Waals surface area contributed by atoms with Gasteiger partial charge < -0.3 is 10.6 Å². The number of nitriles is 1. The summed E-state index contributed by atoms with van der Waals surface area (Å²) in [5, 5.41) is 8.82. The number of nitrogens with zero attached hydrogens (tertiary/aromatic N) is 2. The van der Waals surface area contributed by atoms with E-state index in [0.717, 1.165) is 0 Å². The fraction of sp³-hybridized carbons (Fsp3) is 0.125. The monoisotopic (exact) mass is 195 g/mol. The van der Waals surface area contributed by atoms with E-state index in [0.29, 0.717) is 0 Å². The molecule has 0 atom stereocenters. The Labute approximate surface area is 80.2 Å². The molecular weight excluding hydrogens is 190 g/mol. The first-order valence-corrected chi connectivity index (χ1v) is 3.76. The summed E-state index contributed by atoms with van der Waals surface area (Å²) in [4.78, 5) is 11.7.